The first kappa shape index (κ1) is 23.0. The topological polar surface area (TPSA) is 12.4 Å². The highest BCUT2D eigenvalue weighted by molar-refractivity contribution is 5.86. The van der Waals surface area contributed by atoms with Gasteiger partial charge in [-0.05, 0) is 31.0 Å². The summed E-state index contributed by atoms with van der Waals surface area (Å²) in [6, 6.07) is 37.0. The van der Waals surface area contributed by atoms with Crippen LogP contribution in [0.2, 0.25) is 0 Å². The summed E-state index contributed by atoms with van der Waals surface area (Å²) in [5.41, 5.74) is 8.77. The Morgan fingerprint density at radius 1 is 0.743 bits per heavy atom. The van der Waals surface area contributed by atoms with Crippen molar-refractivity contribution < 1.29 is 0 Å². The fourth-order valence-corrected chi connectivity index (χ4v) is 5.53. The van der Waals surface area contributed by atoms with Crippen LogP contribution >= 0.6 is 0 Å². The van der Waals surface area contributed by atoms with Crippen LogP contribution in [0.25, 0.3) is 12.2 Å². The quantitative estimate of drug-likeness (QED) is 0.150. The Morgan fingerprint density at radius 2 is 1.34 bits per heavy atom. The summed E-state index contributed by atoms with van der Waals surface area (Å²) >= 11 is 0. The molecule has 1 aliphatic rings. The number of rotatable bonds is 7. The molecule has 4 aromatic rings. The Balaban J connectivity index is 1.62. The average Bonchev–Trinajstić information content (AvgIpc) is 3.25. The molecule has 1 heterocycles. The highest BCUT2D eigenvalue weighted by atomic mass is 15.4. The molecule has 2 heteroatoms. The molecule has 0 fully saturated rings. The van der Waals surface area contributed by atoms with Crippen molar-refractivity contribution in [3.63, 3.8) is 0 Å². The van der Waals surface area contributed by atoms with Crippen LogP contribution in [0, 0.1) is 0 Å². The molecule has 0 radical (unpaired) electrons. The summed E-state index contributed by atoms with van der Waals surface area (Å²) in [5.74, 6) is 0. The van der Waals surface area contributed by atoms with Gasteiger partial charge in [-0.25, -0.2) is 0 Å². The second-order valence-corrected chi connectivity index (χ2v) is 9.25. The number of nitrogens with zero attached hydrogens (tertiary/aromatic N) is 2. The van der Waals surface area contributed by atoms with Crippen molar-refractivity contribution in [1.29, 1.82) is 0 Å². The van der Waals surface area contributed by atoms with Crippen LogP contribution in [-0.2, 0) is 6.42 Å². The smallest absolute Gasteiger partial charge is 0.139 e. The standard InChI is InChI=1S/C33H33N2/c1-3-35(4-2)32(28-18-12-7-13-19-28)23-30-22-29(21-20-26-14-8-5-9-15-26)31(24-33(30)35)34-25-27-16-10-6-11-17-27/h5-22,24-25,32H,3-4,23H2,1-2H3/q+1/b21-20+,34-25?/t32-/m1/s1. The maximum absolute atomic E-state index is 5.01. The molecule has 1 atom stereocenters. The Morgan fingerprint density at radius 3 is 1.97 bits per heavy atom. The highest BCUT2D eigenvalue weighted by Crippen LogP contribution is 2.49. The molecule has 5 rings (SSSR count). The molecule has 4 aromatic carbocycles. The van der Waals surface area contributed by atoms with Gasteiger partial charge in [-0.1, -0.05) is 103 Å². The van der Waals surface area contributed by atoms with Gasteiger partial charge in [0.05, 0.1) is 18.8 Å². The fourth-order valence-electron chi connectivity index (χ4n) is 5.53. The lowest BCUT2D eigenvalue weighted by Gasteiger charge is -2.39. The van der Waals surface area contributed by atoms with E-state index >= 15 is 0 Å². The molecule has 174 valence electrons. The van der Waals surface area contributed by atoms with Gasteiger partial charge >= 0.3 is 0 Å². The van der Waals surface area contributed by atoms with Gasteiger partial charge < -0.3 is 0 Å². The molecule has 0 spiro atoms. The second kappa shape index (κ2) is 10.2. The Hall–Kier alpha value is -3.75. The maximum Gasteiger partial charge on any atom is 0.139 e. The molecule has 0 aromatic heterocycles. The molecule has 0 unspecified atom stereocenters. The predicted octanol–water partition coefficient (Wildman–Crippen LogP) is 8.25. The summed E-state index contributed by atoms with van der Waals surface area (Å²) in [6.07, 6.45) is 7.44. The number of benzene rings is 4. The summed E-state index contributed by atoms with van der Waals surface area (Å²) in [6.45, 7) is 6.77. The van der Waals surface area contributed by atoms with Gasteiger partial charge in [0, 0.05) is 35.4 Å². The van der Waals surface area contributed by atoms with Crippen LogP contribution in [0.5, 0.6) is 0 Å². The van der Waals surface area contributed by atoms with Gasteiger partial charge in [-0.15, -0.1) is 0 Å². The summed E-state index contributed by atoms with van der Waals surface area (Å²) in [4.78, 5) is 5.01. The molecule has 0 saturated heterocycles. The van der Waals surface area contributed by atoms with Crippen LogP contribution < -0.4 is 4.48 Å². The fraction of sp³-hybridized carbons (Fsp3) is 0.182. The SMILES string of the molecule is CC[N+]1(CC)c2cc(N=Cc3ccccc3)c(/C=C/c3ccccc3)cc2C[C@@H]1c1ccccc1. The van der Waals surface area contributed by atoms with Crippen molar-refractivity contribution in [3.8, 4) is 0 Å². The largest absolute Gasteiger partial charge is 0.285 e. The van der Waals surface area contributed by atoms with E-state index in [4.69, 9.17) is 4.99 Å². The minimum absolute atomic E-state index is 0.431. The van der Waals surface area contributed by atoms with Gasteiger partial charge in [0.15, 0.2) is 0 Å². The molecular weight excluding hydrogens is 424 g/mol. The van der Waals surface area contributed by atoms with E-state index in [-0.39, 0.29) is 0 Å². The molecule has 0 N–H and O–H groups in total. The van der Waals surface area contributed by atoms with Crippen LogP contribution in [-0.4, -0.2) is 19.3 Å². The molecular formula is C33H33N2+. The van der Waals surface area contributed by atoms with Crippen molar-refractivity contribution in [3.05, 3.63) is 131 Å². The van der Waals surface area contributed by atoms with Gasteiger partial charge in [-0.3, -0.25) is 9.48 Å². The normalized spacial score (nSPS) is 16.7. The van der Waals surface area contributed by atoms with Gasteiger partial charge in [0.25, 0.3) is 0 Å². The van der Waals surface area contributed by atoms with E-state index in [0.717, 1.165) is 35.2 Å². The van der Waals surface area contributed by atoms with E-state index in [0.29, 0.717) is 6.04 Å². The van der Waals surface area contributed by atoms with Crippen LogP contribution in [0.3, 0.4) is 0 Å². The first-order valence-electron chi connectivity index (χ1n) is 12.6. The lowest BCUT2D eigenvalue weighted by molar-refractivity contribution is 0.241. The molecule has 0 bridgehead atoms. The van der Waals surface area contributed by atoms with E-state index in [1.54, 1.807) is 0 Å². The first-order valence-corrected chi connectivity index (χ1v) is 12.6. The summed E-state index contributed by atoms with van der Waals surface area (Å²) in [5, 5.41) is 0. The van der Waals surface area contributed by atoms with Gasteiger partial charge in [-0.2, -0.15) is 0 Å². The lowest BCUT2D eigenvalue weighted by atomic mass is 10.00. The number of quaternary nitrogens is 1. The van der Waals surface area contributed by atoms with Crippen molar-refractivity contribution >= 4 is 29.7 Å². The Bertz CT molecular complexity index is 1320. The minimum Gasteiger partial charge on any atom is -0.285 e. The van der Waals surface area contributed by atoms with Crippen molar-refractivity contribution in [2.45, 2.75) is 26.3 Å². The minimum atomic E-state index is 0.431. The Labute approximate surface area is 209 Å². The Kier molecular flexibility index (Phi) is 6.74. The van der Waals surface area contributed by atoms with Crippen LogP contribution in [0.1, 0.15) is 47.7 Å². The number of likely N-dealkylation sites (N-methyl/N-ethyl adjacent to an activating group) is 1. The third-order valence-corrected chi connectivity index (χ3v) is 7.44. The predicted molar refractivity (Wildman–Crippen MR) is 151 cm³/mol. The number of aliphatic imine (C=N–C) groups is 1. The van der Waals surface area contributed by atoms with Crippen LogP contribution in [0.4, 0.5) is 11.4 Å². The zero-order valence-electron chi connectivity index (χ0n) is 20.6. The van der Waals surface area contributed by atoms with Crippen molar-refractivity contribution in [2.24, 2.45) is 4.99 Å². The average molecular weight is 458 g/mol. The lowest BCUT2D eigenvalue weighted by Crippen LogP contribution is -2.49. The third-order valence-electron chi connectivity index (χ3n) is 7.44. The number of hydrogen-bond acceptors (Lipinski definition) is 1. The van der Waals surface area contributed by atoms with E-state index in [1.807, 2.05) is 12.3 Å². The van der Waals surface area contributed by atoms with Crippen LogP contribution in [0.15, 0.2) is 108 Å². The summed E-state index contributed by atoms with van der Waals surface area (Å²) < 4.78 is 0.968. The second-order valence-electron chi connectivity index (χ2n) is 9.25. The monoisotopic (exact) mass is 457 g/mol. The van der Waals surface area contributed by atoms with Crippen molar-refractivity contribution in [1.82, 2.24) is 4.48 Å². The molecule has 35 heavy (non-hydrogen) atoms. The van der Waals surface area contributed by atoms with Gasteiger partial charge in [0.1, 0.15) is 11.7 Å². The summed E-state index contributed by atoms with van der Waals surface area (Å²) in [7, 11) is 0. The molecule has 0 aliphatic carbocycles. The highest BCUT2D eigenvalue weighted by Gasteiger charge is 2.45. The van der Waals surface area contributed by atoms with E-state index < -0.39 is 0 Å². The third kappa shape index (κ3) is 4.62. The number of hydrogen-bond donors (Lipinski definition) is 0. The van der Waals surface area contributed by atoms with E-state index in [9.17, 15) is 0 Å². The van der Waals surface area contributed by atoms with Crippen molar-refractivity contribution in [2.75, 3.05) is 13.1 Å². The molecule has 0 saturated carbocycles. The maximum atomic E-state index is 5.01. The number of fused-ring (bicyclic) bond motifs is 1. The van der Waals surface area contributed by atoms with Gasteiger partial charge in [0.2, 0.25) is 0 Å². The molecule has 0 amide bonds. The first-order chi connectivity index (χ1) is 17.2. The molecule has 1 aliphatic heterocycles. The zero-order chi connectivity index (χ0) is 24.1. The van der Waals surface area contributed by atoms with E-state index in [2.05, 4.69) is 123 Å². The zero-order valence-corrected chi connectivity index (χ0v) is 20.6. The van der Waals surface area contributed by atoms with E-state index in [1.165, 1.54) is 27.9 Å². The molecule has 2 nitrogen and oxygen atoms in total.